The zero-order valence-corrected chi connectivity index (χ0v) is 21.7. The summed E-state index contributed by atoms with van der Waals surface area (Å²) in [5.74, 6) is 0. The Morgan fingerprint density at radius 2 is 1.03 bits per heavy atom. The highest BCUT2D eigenvalue weighted by Crippen LogP contribution is 2.33. The molecule has 2 rings (SSSR count). The van der Waals surface area contributed by atoms with Crippen LogP contribution in [0.25, 0.3) is 10.9 Å². The Morgan fingerprint density at radius 3 is 1.52 bits per heavy atom. The molecule has 1 aromatic heterocycles. The van der Waals surface area contributed by atoms with E-state index in [4.69, 9.17) is 0 Å². The molecule has 0 fully saturated rings. The standard InChI is InChI=1S/C16H36B.C13H16N/c1-5-9-13-17(14-10-6-2,15-11-7-3)16-12-8-4;1-2-3-10-14-11-6-8-12-7-4-5-9-13(12)14/h5-16H2,1-4H3;4-9,11H,2-3,10H2,1H3/q-1;+1. The Labute approximate surface area is 195 Å². The van der Waals surface area contributed by atoms with E-state index in [0.29, 0.717) is 0 Å². The first-order chi connectivity index (χ1) is 15.2. The molecule has 2 aromatic rings. The number of nitrogens with zero attached hydrogens (tertiary/aromatic N) is 1. The second-order valence-electron chi connectivity index (χ2n) is 9.91. The van der Waals surface area contributed by atoms with Crippen molar-refractivity contribution < 1.29 is 4.57 Å². The molecule has 0 amide bonds. The van der Waals surface area contributed by atoms with Gasteiger partial charge in [-0.25, -0.2) is 0 Å². The average Bonchev–Trinajstić information content (AvgIpc) is 2.82. The summed E-state index contributed by atoms with van der Waals surface area (Å²) in [6.45, 7) is 12.7. The van der Waals surface area contributed by atoms with Crippen molar-refractivity contribution in [2.45, 2.75) is 131 Å². The summed E-state index contributed by atoms with van der Waals surface area (Å²) in [6.07, 6.45) is 22.3. The van der Waals surface area contributed by atoms with E-state index in [9.17, 15) is 0 Å². The van der Waals surface area contributed by atoms with Crippen molar-refractivity contribution in [2.24, 2.45) is 0 Å². The quantitative estimate of drug-likeness (QED) is 0.197. The first-order valence-corrected chi connectivity index (χ1v) is 13.7. The summed E-state index contributed by atoms with van der Waals surface area (Å²) in [6, 6.07) is 12.8. The predicted octanol–water partition coefficient (Wildman–Crippen LogP) is 9.56. The fourth-order valence-electron chi connectivity index (χ4n) is 5.16. The second kappa shape index (κ2) is 17.3. The van der Waals surface area contributed by atoms with Gasteiger partial charge in [0.05, 0.1) is 0 Å². The molecule has 0 N–H and O–H groups in total. The van der Waals surface area contributed by atoms with Gasteiger partial charge in [0, 0.05) is 30.1 Å². The van der Waals surface area contributed by atoms with Crippen LogP contribution >= 0.6 is 0 Å². The highest BCUT2D eigenvalue weighted by Gasteiger charge is 2.22. The molecular weight excluding hydrogens is 373 g/mol. The van der Waals surface area contributed by atoms with Crippen LogP contribution in [0.3, 0.4) is 0 Å². The van der Waals surface area contributed by atoms with Gasteiger partial charge >= 0.3 is 0 Å². The number of pyridine rings is 1. The molecule has 0 atom stereocenters. The van der Waals surface area contributed by atoms with E-state index >= 15 is 0 Å². The third kappa shape index (κ3) is 10.7. The highest BCUT2D eigenvalue weighted by atomic mass is 14.9. The normalized spacial score (nSPS) is 11.4. The number of aromatic nitrogens is 1. The van der Waals surface area contributed by atoms with Gasteiger partial charge in [-0.1, -0.05) is 105 Å². The van der Waals surface area contributed by atoms with Crippen LogP contribution in [0.4, 0.5) is 0 Å². The number of hydrogen-bond acceptors (Lipinski definition) is 0. The van der Waals surface area contributed by atoms with Crippen molar-refractivity contribution in [2.75, 3.05) is 0 Å². The molecule has 0 bridgehead atoms. The highest BCUT2D eigenvalue weighted by molar-refractivity contribution is 6.79. The molecule has 2 heteroatoms. The zero-order valence-electron chi connectivity index (χ0n) is 21.7. The van der Waals surface area contributed by atoms with Crippen LogP contribution in [-0.2, 0) is 6.54 Å². The molecule has 0 aliphatic rings. The van der Waals surface area contributed by atoms with Crippen LogP contribution in [0.1, 0.15) is 98.8 Å². The molecule has 31 heavy (non-hydrogen) atoms. The van der Waals surface area contributed by atoms with Crippen LogP contribution in [0.5, 0.6) is 0 Å². The lowest BCUT2D eigenvalue weighted by Gasteiger charge is -2.40. The molecule has 0 aliphatic heterocycles. The lowest BCUT2D eigenvalue weighted by molar-refractivity contribution is -0.671. The summed E-state index contributed by atoms with van der Waals surface area (Å²) in [4.78, 5) is 0. The minimum Gasteiger partial charge on any atom is -0.198 e. The van der Waals surface area contributed by atoms with Gasteiger partial charge in [0.2, 0.25) is 5.52 Å². The van der Waals surface area contributed by atoms with Crippen molar-refractivity contribution in [3.05, 3.63) is 42.6 Å². The third-order valence-electron chi connectivity index (χ3n) is 7.22. The monoisotopic (exact) mass is 425 g/mol. The number of fused-ring (bicyclic) bond motifs is 1. The minimum atomic E-state index is -0.00722. The summed E-state index contributed by atoms with van der Waals surface area (Å²) in [5, 5.41) is 1.33. The van der Waals surface area contributed by atoms with Crippen molar-refractivity contribution in [3.8, 4) is 0 Å². The van der Waals surface area contributed by atoms with Gasteiger partial charge in [0.1, 0.15) is 6.54 Å². The molecule has 0 spiro atoms. The SMILES string of the molecule is CCCC[B-](CCCC)(CCCC)CCCC.CCCC[n+]1cccc2ccccc21. The molecule has 1 aromatic carbocycles. The molecule has 0 radical (unpaired) electrons. The van der Waals surface area contributed by atoms with Crippen LogP contribution < -0.4 is 4.57 Å². The van der Waals surface area contributed by atoms with E-state index in [1.807, 2.05) is 0 Å². The second-order valence-corrected chi connectivity index (χ2v) is 9.91. The molecule has 1 heterocycles. The van der Waals surface area contributed by atoms with E-state index < -0.39 is 0 Å². The Balaban J connectivity index is 0.000000314. The predicted molar refractivity (Wildman–Crippen MR) is 144 cm³/mol. The molecule has 0 unspecified atom stereocenters. The number of benzene rings is 1. The van der Waals surface area contributed by atoms with Crippen molar-refractivity contribution in [3.63, 3.8) is 0 Å². The lowest BCUT2D eigenvalue weighted by atomic mass is 9.17. The number of aryl methyl sites for hydroxylation is 1. The zero-order chi connectivity index (χ0) is 22.8. The first kappa shape index (κ1) is 27.7. The fourth-order valence-corrected chi connectivity index (χ4v) is 5.16. The summed E-state index contributed by atoms with van der Waals surface area (Å²) in [7, 11) is 0. The van der Waals surface area contributed by atoms with E-state index in [-0.39, 0.29) is 6.15 Å². The topological polar surface area (TPSA) is 3.88 Å². The lowest BCUT2D eigenvalue weighted by Crippen LogP contribution is -2.33. The maximum absolute atomic E-state index is 2.35. The number of rotatable bonds is 15. The van der Waals surface area contributed by atoms with Gasteiger partial charge in [-0.2, -0.15) is 29.8 Å². The number of unbranched alkanes of at least 4 members (excludes halogenated alkanes) is 5. The Bertz CT molecular complexity index is 638. The molecule has 0 aliphatic carbocycles. The van der Waals surface area contributed by atoms with E-state index in [0.717, 1.165) is 6.54 Å². The van der Waals surface area contributed by atoms with Gasteiger partial charge < -0.3 is 0 Å². The Morgan fingerprint density at radius 1 is 0.581 bits per heavy atom. The molecular formula is C29H52BN. The van der Waals surface area contributed by atoms with Gasteiger partial charge in [0.25, 0.3) is 0 Å². The van der Waals surface area contributed by atoms with Crippen LogP contribution in [0.15, 0.2) is 42.6 Å². The van der Waals surface area contributed by atoms with Gasteiger partial charge in [-0.15, -0.1) is 0 Å². The van der Waals surface area contributed by atoms with E-state index in [2.05, 4.69) is 81.8 Å². The van der Waals surface area contributed by atoms with Gasteiger partial charge in [0.15, 0.2) is 6.20 Å². The summed E-state index contributed by atoms with van der Waals surface area (Å²) >= 11 is 0. The van der Waals surface area contributed by atoms with Crippen molar-refractivity contribution >= 4 is 17.0 Å². The summed E-state index contributed by atoms with van der Waals surface area (Å²) in [5.41, 5.74) is 1.34. The fraction of sp³-hybridized carbons (Fsp3) is 0.690. The van der Waals surface area contributed by atoms with Gasteiger partial charge in [-0.05, 0) is 12.1 Å². The van der Waals surface area contributed by atoms with Gasteiger partial charge in [-0.3, -0.25) is 0 Å². The van der Waals surface area contributed by atoms with Crippen LogP contribution in [-0.4, -0.2) is 6.15 Å². The largest absolute Gasteiger partial charge is 0.212 e. The maximum Gasteiger partial charge on any atom is 0.212 e. The van der Waals surface area contributed by atoms with Crippen molar-refractivity contribution in [1.82, 2.24) is 0 Å². The van der Waals surface area contributed by atoms with Crippen LogP contribution in [0.2, 0.25) is 25.3 Å². The van der Waals surface area contributed by atoms with Crippen molar-refractivity contribution in [1.29, 1.82) is 0 Å². The summed E-state index contributed by atoms with van der Waals surface area (Å²) < 4.78 is 2.33. The molecule has 176 valence electrons. The average molecular weight is 426 g/mol. The Kier molecular flexibility index (Phi) is 15.5. The first-order valence-electron chi connectivity index (χ1n) is 13.7. The molecule has 1 nitrogen and oxygen atoms in total. The van der Waals surface area contributed by atoms with Crippen LogP contribution in [0, 0.1) is 0 Å². The van der Waals surface area contributed by atoms with E-state index in [1.165, 1.54) is 75.1 Å². The number of para-hydroxylation sites is 1. The molecule has 0 saturated heterocycles. The maximum atomic E-state index is 2.35. The smallest absolute Gasteiger partial charge is 0.198 e. The Hall–Kier alpha value is -1.31. The molecule has 0 saturated carbocycles. The third-order valence-corrected chi connectivity index (χ3v) is 7.22. The van der Waals surface area contributed by atoms with E-state index in [1.54, 1.807) is 25.3 Å². The minimum absolute atomic E-state index is 0.00722. The number of hydrogen-bond donors (Lipinski definition) is 0.